The van der Waals surface area contributed by atoms with Crippen molar-refractivity contribution in [2.75, 3.05) is 12.3 Å². The predicted octanol–water partition coefficient (Wildman–Crippen LogP) is 4.82. The Hall–Kier alpha value is -2.93. The van der Waals surface area contributed by atoms with Gasteiger partial charge in [-0.15, -0.1) is 10.2 Å². The summed E-state index contributed by atoms with van der Waals surface area (Å²) in [6.07, 6.45) is 2.44. The molecule has 0 fully saturated rings. The molecule has 1 heterocycles. The van der Waals surface area contributed by atoms with Gasteiger partial charge in [0, 0.05) is 31.1 Å². The van der Waals surface area contributed by atoms with Gasteiger partial charge in [0.2, 0.25) is 5.91 Å². The number of aromatic nitrogens is 3. The molecule has 0 bridgehead atoms. The summed E-state index contributed by atoms with van der Waals surface area (Å²) in [6.45, 7) is 8.52. The Morgan fingerprint density at radius 3 is 2.52 bits per heavy atom. The average Bonchev–Trinajstić information content (AvgIpc) is 3.18. The number of carbonyl (C=O) groups is 2. The molecule has 1 N–H and O–H groups in total. The number of hydrogen-bond acceptors (Lipinski definition) is 5. The van der Waals surface area contributed by atoms with E-state index in [9.17, 15) is 9.59 Å². The number of thioether (sulfide) groups is 1. The van der Waals surface area contributed by atoms with E-state index in [2.05, 4.69) is 35.4 Å². The van der Waals surface area contributed by atoms with E-state index in [1.54, 1.807) is 0 Å². The molecule has 33 heavy (non-hydrogen) atoms. The fourth-order valence-electron chi connectivity index (χ4n) is 3.60. The molecule has 1 aromatic heterocycles. The van der Waals surface area contributed by atoms with Gasteiger partial charge in [-0.05, 0) is 48.9 Å². The van der Waals surface area contributed by atoms with Crippen LogP contribution in [-0.4, -0.2) is 38.8 Å². The number of amides is 1. The van der Waals surface area contributed by atoms with Crippen LogP contribution in [0.25, 0.3) is 5.69 Å². The number of aryl methyl sites for hydroxylation is 2. The van der Waals surface area contributed by atoms with Crippen LogP contribution in [0.2, 0.25) is 0 Å². The molecule has 1 amide bonds. The third-order valence-electron chi connectivity index (χ3n) is 5.16. The first-order valence-electron chi connectivity index (χ1n) is 11.3. The Bertz CT molecular complexity index is 1090. The summed E-state index contributed by atoms with van der Waals surface area (Å²) in [5.74, 6) is 1.73. The lowest BCUT2D eigenvalue weighted by molar-refractivity contribution is -0.118. The number of carbonyl (C=O) groups excluding carboxylic acids is 2. The molecule has 2 aromatic carbocycles. The molecular weight excluding hydrogens is 432 g/mol. The highest BCUT2D eigenvalue weighted by Crippen LogP contribution is 2.24. The summed E-state index contributed by atoms with van der Waals surface area (Å²) in [6, 6.07) is 16.1. The Labute approximate surface area is 200 Å². The summed E-state index contributed by atoms with van der Waals surface area (Å²) in [7, 11) is 0. The number of hydrogen-bond donors (Lipinski definition) is 1. The van der Waals surface area contributed by atoms with Crippen LogP contribution < -0.4 is 5.32 Å². The van der Waals surface area contributed by atoms with E-state index in [0.29, 0.717) is 35.4 Å². The largest absolute Gasteiger partial charge is 0.356 e. The fraction of sp³-hybridized carbons (Fsp3) is 0.385. The molecular formula is C26H32N4O2S. The molecule has 0 spiro atoms. The highest BCUT2D eigenvalue weighted by atomic mass is 32.2. The Morgan fingerprint density at radius 2 is 1.85 bits per heavy atom. The van der Waals surface area contributed by atoms with Crippen molar-refractivity contribution in [1.82, 2.24) is 20.1 Å². The standard InChI is InChI=1S/C26H32N4O2S/c1-18(2)15-21-10-12-22(13-11-21)24(32)17-33-26-29-28-25(9-6-14-27-20(4)31)30(26)23-8-5-7-19(3)16-23/h5,7-8,10-13,16,18H,6,9,14-15,17H2,1-4H3,(H,27,31). The molecule has 0 saturated carbocycles. The number of rotatable bonds is 11. The van der Waals surface area contributed by atoms with Gasteiger partial charge in [0.05, 0.1) is 5.75 Å². The fourth-order valence-corrected chi connectivity index (χ4v) is 4.47. The van der Waals surface area contributed by atoms with E-state index < -0.39 is 0 Å². The van der Waals surface area contributed by atoms with Crippen LogP contribution in [0.4, 0.5) is 0 Å². The van der Waals surface area contributed by atoms with Crippen LogP contribution in [0, 0.1) is 12.8 Å². The molecule has 0 radical (unpaired) electrons. The van der Waals surface area contributed by atoms with Crippen LogP contribution in [-0.2, 0) is 17.6 Å². The van der Waals surface area contributed by atoms with Gasteiger partial charge in [-0.1, -0.05) is 62.0 Å². The minimum atomic E-state index is -0.0397. The molecule has 6 nitrogen and oxygen atoms in total. The molecule has 0 aliphatic heterocycles. The van der Waals surface area contributed by atoms with Gasteiger partial charge in [0.15, 0.2) is 10.9 Å². The van der Waals surface area contributed by atoms with Crippen molar-refractivity contribution in [3.05, 3.63) is 71.0 Å². The summed E-state index contributed by atoms with van der Waals surface area (Å²) in [5.41, 5.74) is 4.07. The number of Topliss-reactive ketones (excluding diaryl/α,β-unsaturated/α-hetero) is 1. The van der Waals surface area contributed by atoms with Gasteiger partial charge in [0.25, 0.3) is 0 Å². The molecule has 0 unspecified atom stereocenters. The minimum absolute atomic E-state index is 0.0397. The Kier molecular flexibility index (Phi) is 8.83. The first kappa shape index (κ1) is 24.7. The topological polar surface area (TPSA) is 76.9 Å². The van der Waals surface area contributed by atoms with Crippen LogP contribution in [0.15, 0.2) is 53.7 Å². The van der Waals surface area contributed by atoms with Crippen LogP contribution in [0.5, 0.6) is 0 Å². The third-order valence-corrected chi connectivity index (χ3v) is 6.09. The second-order valence-corrected chi connectivity index (χ2v) is 9.61. The zero-order valence-corrected chi connectivity index (χ0v) is 20.6. The van der Waals surface area contributed by atoms with Gasteiger partial charge in [0.1, 0.15) is 5.82 Å². The molecule has 0 saturated heterocycles. The highest BCUT2D eigenvalue weighted by molar-refractivity contribution is 7.99. The zero-order valence-electron chi connectivity index (χ0n) is 19.8. The maximum Gasteiger partial charge on any atom is 0.216 e. The van der Waals surface area contributed by atoms with Gasteiger partial charge < -0.3 is 5.32 Å². The van der Waals surface area contributed by atoms with Gasteiger partial charge in [-0.3, -0.25) is 14.2 Å². The van der Waals surface area contributed by atoms with Gasteiger partial charge >= 0.3 is 0 Å². The Balaban J connectivity index is 1.73. The SMILES string of the molecule is CC(=O)NCCCc1nnc(SCC(=O)c2ccc(CC(C)C)cc2)n1-c1cccc(C)c1. The van der Waals surface area contributed by atoms with E-state index in [1.165, 1.54) is 24.2 Å². The number of nitrogens with one attached hydrogen (secondary N) is 1. The van der Waals surface area contributed by atoms with Crippen molar-refractivity contribution < 1.29 is 9.59 Å². The van der Waals surface area contributed by atoms with Crippen molar-refractivity contribution >= 4 is 23.5 Å². The molecule has 0 atom stereocenters. The molecule has 7 heteroatoms. The van der Waals surface area contributed by atoms with Crippen LogP contribution in [0.1, 0.15) is 54.5 Å². The van der Waals surface area contributed by atoms with Gasteiger partial charge in [-0.2, -0.15) is 0 Å². The highest BCUT2D eigenvalue weighted by Gasteiger charge is 2.17. The Morgan fingerprint density at radius 1 is 1.09 bits per heavy atom. The van der Waals surface area contributed by atoms with Crippen molar-refractivity contribution in [2.24, 2.45) is 5.92 Å². The summed E-state index contributed by atoms with van der Waals surface area (Å²) in [5, 5.41) is 12.3. The monoisotopic (exact) mass is 464 g/mol. The smallest absolute Gasteiger partial charge is 0.216 e. The van der Waals surface area contributed by atoms with Crippen molar-refractivity contribution in [1.29, 1.82) is 0 Å². The second kappa shape index (κ2) is 11.8. The van der Waals surface area contributed by atoms with E-state index >= 15 is 0 Å². The first-order chi connectivity index (χ1) is 15.8. The number of ketones is 1. The second-order valence-electron chi connectivity index (χ2n) is 8.67. The van der Waals surface area contributed by atoms with E-state index in [-0.39, 0.29) is 11.7 Å². The van der Waals surface area contributed by atoms with E-state index in [4.69, 9.17) is 0 Å². The molecule has 0 aliphatic rings. The average molecular weight is 465 g/mol. The van der Waals surface area contributed by atoms with Crippen LogP contribution in [0.3, 0.4) is 0 Å². The third kappa shape index (κ3) is 7.29. The lowest BCUT2D eigenvalue weighted by Crippen LogP contribution is -2.21. The molecule has 3 aromatic rings. The van der Waals surface area contributed by atoms with Crippen LogP contribution >= 0.6 is 11.8 Å². The predicted molar refractivity (Wildman–Crippen MR) is 133 cm³/mol. The normalized spacial score (nSPS) is 11.1. The maximum atomic E-state index is 12.8. The van der Waals surface area contributed by atoms with Gasteiger partial charge in [-0.25, -0.2) is 0 Å². The van der Waals surface area contributed by atoms with Crippen molar-refractivity contribution in [3.63, 3.8) is 0 Å². The summed E-state index contributed by atoms with van der Waals surface area (Å²) < 4.78 is 2.02. The molecule has 174 valence electrons. The lowest BCUT2D eigenvalue weighted by atomic mass is 10.0. The zero-order chi connectivity index (χ0) is 23.8. The first-order valence-corrected chi connectivity index (χ1v) is 12.3. The lowest BCUT2D eigenvalue weighted by Gasteiger charge is -2.11. The minimum Gasteiger partial charge on any atom is -0.356 e. The summed E-state index contributed by atoms with van der Waals surface area (Å²) >= 11 is 1.40. The molecule has 3 rings (SSSR count). The number of nitrogens with zero attached hydrogens (tertiary/aromatic N) is 3. The summed E-state index contributed by atoms with van der Waals surface area (Å²) in [4.78, 5) is 24.0. The molecule has 0 aliphatic carbocycles. The van der Waals surface area contributed by atoms with Crippen molar-refractivity contribution in [2.45, 2.75) is 52.1 Å². The number of benzene rings is 2. The van der Waals surface area contributed by atoms with E-state index in [0.717, 1.165) is 29.9 Å². The van der Waals surface area contributed by atoms with Crippen molar-refractivity contribution in [3.8, 4) is 5.69 Å². The quantitative estimate of drug-likeness (QED) is 0.250. The maximum absolute atomic E-state index is 12.8. The van der Waals surface area contributed by atoms with E-state index in [1.807, 2.05) is 54.0 Å².